The van der Waals surface area contributed by atoms with Crippen molar-refractivity contribution in [3.63, 3.8) is 0 Å². The van der Waals surface area contributed by atoms with Crippen molar-refractivity contribution in [1.29, 1.82) is 0 Å². The van der Waals surface area contributed by atoms with E-state index in [0.717, 1.165) is 5.92 Å². The summed E-state index contributed by atoms with van der Waals surface area (Å²) in [5, 5.41) is 12.6. The summed E-state index contributed by atoms with van der Waals surface area (Å²) in [6.07, 6.45) is 2.60. The number of hydrogen-bond donors (Lipinski definition) is 2. The molecule has 118 valence electrons. The van der Waals surface area contributed by atoms with Crippen LogP contribution in [-0.4, -0.2) is 22.2 Å². The van der Waals surface area contributed by atoms with Crippen molar-refractivity contribution in [3.8, 4) is 0 Å². The van der Waals surface area contributed by atoms with E-state index in [-0.39, 0.29) is 5.56 Å². The molecule has 4 heteroatoms. The van der Waals surface area contributed by atoms with E-state index in [4.69, 9.17) is 16.7 Å². The number of nitrogens with one attached hydrogen (secondary N) is 1. The number of halogens is 1. The Bertz CT molecular complexity index is 464. The first-order valence-electron chi connectivity index (χ1n) is 7.29. The van der Waals surface area contributed by atoms with Crippen LogP contribution in [0.25, 0.3) is 0 Å². The van der Waals surface area contributed by atoms with Crippen molar-refractivity contribution in [1.82, 2.24) is 5.32 Å². The molecule has 0 saturated carbocycles. The SMILES string of the molecule is CC1CC(C)(C)NC(C)(C)C1.O=C(O)c1ccc(Cl)cc1. The van der Waals surface area contributed by atoms with E-state index in [0.29, 0.717) is 16.1 Å². The second-order valence-corrected chi connectivity index (χ2v) is 7.65. The zero-order chi connectivity index (χ0) is 16.3. The maximum absolute atomic E-state index is 10.3. The highest BCUT2D eigenvalue weighted by molar-refractivity contribution is 6.30. The van der Waals surface area contributed by atoms with Gasteiger partial charge in [-0.25, -0.2) is 4.79 Å². The molecule has 2 rings (SSSR count). The van der Waals surface area contributed by atoms with E-state index in [1.807, 2.05) is 0 Å². The molecule has 0 unspecified atom stereocenters. The first-order chi connectivity index (χ1) is 9.51. The average molecular weight is 312 g/mol. The third kappa shape index (κ3) is 6.49. The van der Waals surface area contributed by atoms with Crippen LogP contribution in [-0.2, 0) is 0 Å². The van der Waals surface area contributed by atoms with E-state index in [9.17, 15) is 4.79 Å². The number of benzene rings is 1. The lowest BCUT2D eigenvalue weighted by Gasteiger charge is -2.45. The first kappa shape index (κ1) is 18.0. The van der Waals surface area contributed by atoms with Gasteiger partial charge in [0.25, 0.3) is 0 Å². The molecule has 0 amide bonds. The molecular weight excluding hydrogens is 286 g/mol. The average Bonchev–Trinajstić information content (AvgIpc) is 2.25. The van der Waals surface area contributed by atoms with Crippen molar-refractivity contribution in [2.75, 3.05) is 0 Å². The Morgan fingerprint density at radius 2 is 1.57 bits per heavy atom. The van der Waals surface area contributed by atoms with Gasteiger partial charge in [0.05, 0.1) is 5.56 Å². The van der Waals surface area contributed by atoms with Crippen LogP contribution in [0.3, 0.4) is 0 Å². The van der Waals surface area contributed by atoms with Crippen molar-refractivity contribution in [3.05, 3.63) is 34.9 Å². The lowest BCUT2D eigenvalue weighted by molar-refractivity contribution is 0.0697. The number of piperidine rings is 1. The highest BCUT2D eigenvalue weighted by Crippen LogP contribution is 2.31. The van der Waals surface area contributed by atoms with E-state index in [2.05, 4.69) is 39.9 Å². The Balaban J connectivity index is 0.000000211. The van der Waals surface area contributed by atoms with Gasteiger partial charge in [-0.15, -0.1) is 0 Å². The molecule has 21 heavy (non-hydrogen) atoms. The molecule has 1 aromatic rings. The molecule has 1 heterocycles. The normalized spacial score (nSPS) is 20.3. The Hall–Kier alpha value is -1.06. The zero-order valence-corrected chi connectivity index (χ0v) is 14.3. The van der Waals surface area contributed by atoms with E-state index >= 15 is 0 Å². The van der Waals surface area contributed by atoms with Gasteiger partial charge < -0.3 is 10.4 Å². The van der Waals surface area contributed by atoms with E-state index in [1.165, 1.54) is 25.0 Å². The molecule has 1 fully saturated rings. The lowest BCUT2D eigenvalue weighted by Crippen LogP contribution is -2.57. The van der Waals surface area contributed by atoms with Gasteiger partial charge in [-0.3, -0.25) is 0 Å². The monoisotopic (exact) mass is 311 g/mol. The quantitative estimate of drug-likeness (QED) is 0.796. The Morgan fingerprint density at radius 1 is 1.14 bits per heavy atom. The van der Waals surface area contributed by atoms with Crippen molar-refractivity contribution >= 4 is 17.6 Å². The second-order valence-electron chi connectivity index (χ2n) is 7.22. The first-order valence-corrected chi connectivity index (χ1v) is 7.67. The summed E-state index contributed by atoms with van der Waals surface area (Å²) >= 11 is 5.52. The lowest BCUT2D eigenvalue weighted by atomic mass is 9.77. The fraction of sp³-hybridized carbons (Fsp3) is 0.588. The molecule has 0 atom stereocenters. The van der Waals surface area contributed by atoms with Crippen LogP contribution in [0.4, 0.5) is 0 Å². The topological polar surface area (TPSA) is 49.3 Å². The number of carboxylic acids is 1. The van der Waals surface area contributed by atoms with Gasteiger partial charge in [-0.05, 0) is 70.7 Å². The number of hydrogen-bond acceptors (Lipinski definition) is 2. The minimum absolute atomic E-state index is 0.254. The molecule has 0 radical (unpaired) electrons. The number of aromatic carboxylic acids is 1. The molecule has 0 bridgehead atoms. The Morgan fingerprint density at radius 3 is 1.90 bits per heavy atom. The largest absolute Gasteiger partial charge is 0.478 e. The maximum atomic E-state index is 10.3. The number of rotatable bonds is 1. The van der Waals surface area contributed by atoms with Crippen molar-refractivity contribution in [2.24, 2.45) is 5.92 Å². The van der Waals surface area contributed by atoms with Gasteiger partial charge in [-0.2, -0.15) is 0 Å². The third-order valence-electron chi connectivity index (χ3n) is 3.49. The zero-order valence-electron chi connectivity index (χ0n) is 13.5. The molecular formula is C17H26ClNO2. The highest BCUT2D eigenvalue weighted by Gasteiger charge is 2.35. The summed E-state index contributed by atoms with van der Waals surface area (Å²) < 4.78 is 0. The highest BCUT2D eigenvalue weighted by atomic mass is 35.5. The Labute approximate surface area is 132 Å². The molecule has 2 N–H and O–H groups in total. The molecule has 0 aromatic heterocycles. The summed E-state index contributed by atoms with van der Waals surface area (Å²) in [4.78, 5) is 10.3. The van der Waals surface area contributed by atoms with Gasteiger partial charge in [0.1, 0.15) is 0 Å². The van der Waals surface area contributed by atoms with Gasteiger partial charge >= 0.3 is 5.97 Å². The van der Waals surface area contributed by atoms with Crippen molar-refractivity contribution < 1.29 is 9.90 Å². The fourth-order valence-corrected chi connectivity index (χ4v) is 3.55. The molecule has 3 nitrogen and oxygen atoms in total. The molecule has 1 aliphatic rings. The van der Waals surface area contributed by atoms with Crippen LogP contribution >= 0.6 is 11.6 Å². The maximum Gasteiger partial charge on any atom is 0.335 e. The van der Waals surface area contributed by atoms with E-state index in [1.54, 1.807) is 12.1 Å². The smallest absolute Gasteiger partial charge is 0.335 e. The van der Waals surface area contributed by atoms with Crippen LogP contribution in [0.2, 0.25) is 5.02 Å². The molecule has 0 aliphatic carbocycles. The predicted molar refractivity (Wildman–Crippen MR) is 88.1 cm³/mol. The fourth-order valence-electron chi connectivity index (χ4n) is 3.43. The predicted octanol–water partition coefficient (Wildman–Crippen LogP) is 4.60. The summed E-state index contributed by atoms with van der Waals surface area (Å²) in [6.45, 7) is 11.5. The van der Waals surface area contributed by atoms with Crippen molar-refractivity contribution in [2.45, 2.75) is 58.5 Å². The van der Waals surface area contributed by atoms with Crippen LogP contribution in [0.15, 0.2) is 24.3 Å². The molecule has 1 saturated heterocycles. The van der Waals surface area contributed by atoms with Gasteiger partial charge in [-0.1, -0.05) is 18.5 Å². The standard InChI is InChI=1S/C10H21N.C7H5ClO2/c1-8-6-9(2,3)11-10(4,5)7-8;8-6-3-1-5(2-4-6)7(9)10/h8,11H,6-7H2,1-5H3;1-4H,(H,9,10). The minimum atomic E-state index is -0.934. The Kier molecular flexibility index (Phi) is 5.83. The number of carboxylic acid groups (broad SMARTS) is 1. The number of carbonyl (C=O) groups is 1. The third-order valence-corrected chi connectivity index (χ3v) is 3.74. The summed E-state index contributed by atoms with van der Waals surface area (Å²) in [5.74, 6) is -0.0714. The molecule has 0 spiro atoms. The second kappa shape index (κ2) is 6.80. The van der Waals surface area contributed by atoms with Gasteiger partial charge in [0, 0.05) is 16.1 Å². The summed E-state index contributed by atoms with van der Waals surface area (Å²) in [7, 11) is 0. The molecule has 1 aromatic carbocycles. The van der Waals surface area contributed by atoms with Crippen LogP contribution in [0, 0.1) is 5.92 Å². The summed E-state index contributed by atoms with van der Waals surface area (Å²) in [6, 6.07) is 6.02. The van der Waals surface area contributed by atoms with Gasteiger partial charge in [0.15, 0.2) is 0 Å². The molecule has 1 aliphatic heterocycles. The van der Waals surface area contributed by atoms with Gasteiger partial charge in [0.2, 0.25) is 0 Å². The van der Waals surface area contributed by atoms with Crippen LogP contribution < -0.4 is 5.32 Å². The van der Waals surface area contributed by atoms with Crippen LogP contribution in [0.5, 0.6) is 0 Å². The van der Waals surface area contributed by atoms with Crippen LogP contribution in [0.1, 0.15) is 57.8 Å². The minimum Gasteiger partial charge on any atom is -0.478 e. The summed E-state index contributed by atoms with van der Waals surface area (Å²) in [5.41, 5.74) is 0.923. The van der Waals surface area contributed by atoms with E-state index < -0.39 is 5.97 Å².